The van der Waals surface area contributed by atoms with Gasteiger partial charge in [-0.1, -0.05) is 27.7 Å². The van der Waals surface area contributed by atoms with E-state index in [-0.39, 0.29) is 5.41 Å². The molecule has 2 N–H and O–H groups in total. The van der Waals surface area contributed by atoms with Gasteiger partial charge in [-0.2, -0.15) is 0 Å². The van der Waals surface area contributed by atoms with Gasteiger partial charge in [0, 0.05) is 25.1 Å². The van der Waals surface area contributed by atoms with Crippen molar-refractivity contribution in [3.05, 3.63) is 11.4 Å². The number of rotatable bonds is 7. The maximum Gasteiger partial charge on any atom is 0.134 e. The molecule has 0 fully saturated rings. The van der Waals surface area contributed by atoms with Crippen molar-refractivity contribution in [2.24, 2.45) is 5.41 Å². The van der Waals surface area contributed by atoms with Crippen molar-refractivity contribution in [1.29, 1.82) is 0 Å². The van der Waals surface area contributed by atoms with Gasteiger partial charge in [0.05, 0.1) is 0 Å². The Bertz CT molecular complexity index is 413. The normalized spacial score (nSPS) is 11.5. The summed E-state index contributed by atoms with van der Waals surface area (Å²) in [7, 11) is 0. The largest absolute Gasteiger partial charge is 0.370 e. The SMILES string of the molecule is CCNc1nc(CC)nc(NCC(C)(C)CC)c1C. The molecule has 0 aliphatic carbocycles. The van der Waals surface area contributed by atoms with Crippen LogP contribution in [-0.2, 0) is 6.42 Å². The standard InChI is InChI=1S/C15H28N4/c1-7-12-18-13(16-9-3)11(4)14(19-12)17-10-15(5,6)8-2/h7-10H2,1-6H3,(H2,16,17,18,19). The molecule has 0 aliphatic heterocycles. The summed E-state index contributed by atoms with van der Waals surface area (Å²) in [5, 5.41) is 6.80. The third-order valence-electron chi connectivity index (χ3n) is 3.54. The van der Waals surface area contributed by atoms with E-state index in [1.165, 1.54) is 0 Å². The molecule has 0 bridgehead atoms. The third-order valence-corrected chi connectivity index (χ3v) is 3.54. The van der Waals surface area contributed by atoms with Crippen LogP contribution in [0.2, 0.25) is 0 Å². The second-order valence-electron chi connectivity index (χ2n) is 5.72. The van der Waals surface area contributed by atoms with Crippen LogP contribution in [0.3, 0.4) is 0 Å². The highest BCUT2D eigenvalue weighted by atomic mass is 15.1. The Kier molecular flexibility index (Phi) is 5.58. The van der Waals surface area contributed by atoms with Gasteiger partial charge < -0.3 is 10.6 Å². The molecule has 0 radical (unpaired) electrons. The Morgan fingerprint density at radius 1 is 1.00 bits per heavy atom. The highest BCUT2D eigenvalue weighted by Gasteiger charge is 2.16. The monoisotopic (exact) mass is 264 g/mol. The molecule has 0 atom stereocenters. The Balaban J connectivity index is 2.95. The van der Waals surface area contributed by atoms with Gasteiger partial charge >= 0.3 is 0 Å². The topological polar surface area (TPSA) is 49.8 Å². The zero-order valence-corrected chi connectivity index (χ0v) is 13.2. The molecular weight excluding hydrogens is 236 g/mol. The molecule has 1 aromatic heterocycles. The van der Waals surface area contributed by atoms with E-state index in [1.54, 1.807) is 0 Å². The summed E-state index contributed by atoms with van der Waals surface area (Å²) in [5.41, 5.74) is 1.38. The summed E-state index contributed by atoms with van der Waals surface area (Å²) < 4.78 is 0. The zero-order valence-electron chi connectivity index (χ0n) is 13.2. The van der Waals surface area contributed by atoms with Gasteiger partial charge in [-0.25, -0.2) is 9.97 Å². The maximum absolute atomic E-state index is 4.61. The highest BCUT2D eigenvalue weighted by molar-refractivity contribution is 5.57. The van der Waals surface area contributed by atoms with Crippen LogP contribution in [0.15, 0.2) is 0 Å². The maximum atomic E-state index is 4.61. The van der Waals surface area contributed by atoms with Crippen molar-refractivity contribution in [2.45, 2.75) is 54.4 Å². The minimum absolute atomic E-state index is 0.280. The number of hydrogen-bond acceptors (Lipinski definition) is 4. The molecule has 0 unspecified atom stereocenters. The number of nitrogens with one attached hydrogen (secondary N) is 2. The van der Waals surface area contributed by atoms with Gasteiger partial charge in [-0.15, -0.1) is 0 Å². The van der Waals surface area contributed by atoms with Gasteiger partial charge in [0.1, 0.15) is 17.5 Å². The van der Waals surface area contributed by atoms with Crippen LogP contribution in [0.4, 0.5) is 11.6 Å². The summed E-state index contributed by atoms with van der Waals surface area (Å²) in [6, 6.07) is 0. The minimum Gasteiger partial charge on any atom is -0.370 e. The summed E-state index contributed by atoms with van der Waals surface area (Å²) in [6.45, 7) is 14.8. The van der Waals surface area contributed by atoms with E-state index in [9.17, 15) is 0 Å². The number of anilines is 2. The molecule has 0 saturated carbocycles. The third kappa shape index (κ3) is 4.37. The van der Waals surface area contributed by atoms with Gasteiger partial charge in [0.15, 0.2) is 0 Å². The molecule has 1 rings (SSSR count). The fourth-order valence-corrected chi connectivity index (χ4v) is 1.68. The van der Waals surface area contributed by atoms with Crippen LogP contribution in [0, 0.1) is 12.3 Å². The van der Waals surface area contributed by atoms with Crippen molar-refractivity contribution in [3.63, 3.8) is 0 Å². The van der Waals surface area contributed by atoms with Gasteiger partial charge in [-0.05, 0) is 25.7 Å². The Morgan fingerprint density at radius 3 is 2.05 bits per heavy atom. The minimum atomic E-state index is 0.280. The Labute approximate surface area is 117 Å². The molecule has 0 aliphatic rings. The molecule has 0 aromatic carbocycles. The first-order chi connectivity index (χ1) is 8.93. The summed E-state index contributed by atoms with van der Waals surface area (Å²) in [6.07, 6.45) is 2.00. The van der Waals surface area contributed by atoms with Crippen molar-refractivity contribution in [1.82, 2.24) is 9.97 Å². The molecule has 1 heterocycles. The Morgan fingerprint density at radius 2 is 1.58 bits per heavy atom. The van der Waals surface area contributed by atoms with Gasteiger partial charge in [-0.3, -0.25) is 0 Å². The number of aryl methyl sites for hydroxylation is 1. The Hall–Kier alpha value is -1.32. The predicted molar refractivity (Wildman–Crippen MR) is 82.9 cm³/mol. The smallest absolute Gasteiger partial charge is 0.134 e. The average molecular weight is 264 g/mol. The quantitative estimate of drug-likeness (QED) is 0.789. The summed E-state index contributed by atoms with van der Waals surface area (Å²) in [4.78, 5) is 9.15. The van der Waals surface area contributed by atoms with E-state index >= 15 is 0 Å². The first-order valence-corrected chi connectivity index (χ1v) is 7.28. The van der Waals surface area contributed by atoms with Crippen molar-refractivity contribution < 1.29 is 0 Å². The number of hydrogen-bond donors (Lipinski definition) is 2. The lowest BCUT2D eigenvalue weighted by Gasteiger charge is -2.24. The number of aromatic nitrogens is 2. The highest BCUT2D eigenvalue weighted by Crippen LogP contribution is 2.24. The van der Waals surface area contributed by atoms with E-state index in [0.29, 0.717) is 0 Å². The molecular formula is C15H28N4. The molecule has 1 aromatic rings. The van der Waals surface area contributed by atoms with E-state index in [0.717, 1.165) is 49.0 Å². The lowest BCUT2D eigenvalue weighted by atomic mass is 9.90. The fourth-order valence-electron chi connectivity index (χ4n) is 1.68. The van der Waals surface area contributed by atoms with Gasteiger partial charge in [0.2, 0.25) is 0 Å². The molecule has 0 saturated heterocycles. The number of nitrogens with zero attached hydrogens (tertiary/aromatic N) is 2. The van der Waals surface area contributed by atoms with Crippen LogP contribution in [0.25, 0.3) is 0 Å². The van der Waals surface area contributed by atoms with Crippen LogP contribution < -0.4 is 10.6 Å². The fraction of sp³-hybridized carbons (Fsp3) is 0.733. The zero-order chi connectivity index (χ0) is 14.5. The van der Waals surface area contributed by atoms with Crippen LogP contribution in [0.1, 0.15) is 52.4 Å². The molecule has 4 heteroatoms. The van der Waals surface area contributed by atoms with Crippen molar-refractivity contribution in [2.75, 3.05) is 23.7 Å². The van der Waals surface area contributed by atoms with E-state index in [4.69, 9.17) is 0 Å². The molecule has 19 heavy (non-hydrogen) atoms. The van der Waals surface area contributed by atoms with Crippen LogP contribution >= 0.6 is 0 Å². The van der Waals surface area contributed by atoms with Crippen molar-refractivity contribution in [3.8, 4) is 0 Å². The molecule has 108 valence electrons. The second kappa shape index (κ2) is 6.73. The first-order valence-electron chi connectivity index (χ1n) is 7.28. The van der Waals surface area contributed by atoms with E-state index in [2.05, 4.69) is 62.1 Å². The van der Waals surface area contributed by atoms with Crippen LogP contribution in [0.5, 0.6) is 0 Å². The van der Waals surface area contributed by atoms with Gasteiger partial charge in [0.25, 0.3) is 0 Å². The predicted octanol–water partition coefficient (Wildman–Crippen LogP) is 3.63. The van der Waals surface area contributed by atoms with E-state index in [1.807, 2.05) is 0 Å². The summed E-state index contributed by atoms with van der Waals surface area (Å²) in [5.74, 6) is 2.80. The lowest BCUT2D eigenvalue weighted by Crippen LogP contribution is -2.23. The van der Waals surface area contributed by atoms with E-state index < -0.39 is 0 Å². The van der Waals surface area contributed by atoms with Crippen molar-refractivity contribution >= 4 is 11.6 Å². The lowest BCUT2D eigenvalue weighted by molar-refractivity contribution is 0.376. The average Bonchev–Trinajstić information content (AvgIpc) is 2.40. The summed E-state index contributed by atoms with van der Waals surface area (Å²) >= 11 is 0. The first kappa shape index (κ1) is 15.7. The molecule has 0 amide bonds. The molecule has 0 spiro atoms. The second-order valence-corrected chi connectivity index (χ2v) is 5.72. The molecule has 4 nitrogen and oxygen atoms in total. The van der Waals surface area contributed by atoms with Crippen LogP contribution in [-0.4, -0.2) is 23.1 Å².